The van der Waals surface area contributed by atoms with Crippen molar-refractivity contribution < 1.29 is 22.8 Å². The van der Waals surface area contributed by atoms with E-state index in [2.05, 4.69) is 10.6 Å². The van der Waals surface area contributed by atoms with Gasteiger partial charge in [-0.15, -0.1) is 0 Å². The van der Waals surface area contributed by atoms with Gasteiger partial charge in [0, 0.05) is 19.0 Å². The number of hydrogen-bond acceptors (Lipinski definition) is 2. The van der Waals surface area contributed by atoms with E-state index in [1.165, 1.54) is 13.0 Å². The molecule has 0 aromatic heterocycles. The van der Waals surface area contributed by atoms with Crippen molar-refractivity contribution >= 4 is 23.2 Å². The molecule has 0 spiro atoms. The van der Waals surface area contributed by atoms with E-state index >= 15 is 0 Å². The molecule has 0 atom stereocenters. The fourth-order valence-corrected chi connectivity index (χ4v) is 2.39. The first-order chi connectivity index (χ1) is 12.1. The zero-order chi connectivity index (χ0) is 19.3. The Balaban J connectivity index is 2.10. The molecule has 7 heteroatoms. The van der Waals surface area contributed by atoms with Gasteiger partial charge in [0.1, 0.15) is 0 Å². The summed E-state index contributed by atoms with van der Waals surface area (Å²) in [5, 5.41) is 4.60. The number of carbonyl (C=O) groups excluding carboxylic acids is 2. The summed E-state index contributed by atoms with van der Waals surface area (Å²) in [5.74, 6) is -0.989. The summed E-state index contributed by atoms with van der Waals surface area (Å²) in [6.07, 6.45) is -4.17. The van der Waals surface area contributed by atoms with Gasteiger partial charge in [0.15, 0.2) is 0 Å². The average Bonchev–Trinajstić information content (AvgIpc) is 2.54. The number of alkyl halides is 3. The molecule has 0 bridgehead atoms. The molecule has 0 radical (unpaired) electrons. The molecule has 0 heterocycles. The highest BCUT2D eigenvalue weighted by molar-refractivity contribution is 5.93. The minimum atomic E-state index is -4.66. The third-order valence-electron chi connectivity index (χ3n) is 3.68. The molecule has 2 N–H and O–H groups in total. The van der Waals surface area contributed by atoms with Gasteiger partial charge in [-0.05, 0) is 37.1 Å². The fourth-order valence-electron chi connectivity index (χ4n) is 2.39. The molecule has 0 saturated heterocycles. The van der Waals surface area contributed by atoms with Crippen molar-refractivity contribution in [1.82, 2.24) is 0 Å². The molecule has 4 nitrogen and oxygen atoms in total. The molecule has 0 aliphatic carbocycles. The van der Waals surface area contributed by atoms with E-state index < -0.39 is 23.6 Å². The highest BCUT2D eigenvalue weighted by atomic mass is 19.4. The Hall–Kier alpha value is -2.83. The lowest BCUT2D eigenvalue weighted by Crippen LogP contribution is -2.17. The van der Waals surface area contributed by atoms with Crippen molar-refractivity contribution in [3.05, 3.63) is 59.2 Å². The molecule has 0 fully saturated rings. The smallest absolute Gasteiger partial charge is 0.326 e. The summed E-state index contributed by atoms with van der Waals surface area (Å²) in [5.41, 5.74) is 0.700. The number of nitrogens with one attached hydrogen (secondary N) is 2. The lowest BCUT2D eigenvalue weighted by atomic mass is 10.1. The van der Waals surface area contributed by atoms with E-state index in [1.807, 2.05) is 31.2 Å². The van der Waals surface area contributed by atoms with Crippen molar-refractivity contribution in [2.75, 3.05) is 10.6 Å². The van der Waals surface area contributed by atoms with Crippen LogP contribution in [-0.4, -0.2) is 11.8 Å². The molecular weight excluding hydrogens is 345 g/mol. The van der Waals surface area contributed by atoms with Crippen LogP contribution >= 0.6 is 0 Å². The second kappa shape index (κ2) is 8.03. The average molecular weight is 364 g/mol. The molecular formula is C19H19F3N2O2. The zero-order valence-corrected chi connectivity index (χ0v) is 14.4. The Morgan fingerprint density at radius 3 is 2.23 bits per heavy atom. The van der Waals surface area contributed by atoms with Gasteiger partial charge in [-0.1, -0.05) is 29.8 Å². The molecule has 2 aromatic carbocycles. The van der Waals surface area contributed by atoms with Crippen molar-refractivity contribution in [2.45, 2.75) is 32.9 Å². The number of rotatable bonds is 5. The van der Waals surface area contributed by atoms with Gasteiger partial charge < -0.3 is 10.6 Å². The predicted octanol–water partition coefficient (Wildman–Crippen LogP) is 4.54. The van der Waals surface area contributed by atoms with E-state index in [0.717, 1.165) is 23.3 Å². The normalized spacial score (nSPS) is 11.1. The third kappa shape index (κ3) is 5.61. The predicted molar refractivity (Wildman–Crippen MR) is 93.9 cm³/mol. The van der Waals surface area contributed by atoms with Crippen LogP contribution in [-0.2, 0) is 22.2 Å². The van der Waals surface area contributed by atoms with Crippen LogP contribution in [0, 0.1) is 6.92 Å². The number of amides is 2. The van der Waals surface area contributed by atoms with Gasteiger partial charge in [0.05, 0.1) is 11.3 Å². The Kier molecular flexibility index (Phi) is 6.02. The summed E-state index contributed by atoms with van der Waals surface area (Å²) in [6.45, 7) is 3.15. The molecule has 0 unspecified atom stereocenters. The lowest BCUT2D eigenvalue weighted by Gasteiger charge is -2.15. The van der Waals surface area contributed by atoms with Gasteiger partial charge in [-0.3, -0.25) is 9.59 Å². The Morgan fingerprint density at radius 2 is 1.65 bits per heavy atom. The van der Waals surface area contributed by atoms with Gasteiger partial charge in [0.25, 0.3) is 0 Å². The maximum atomic E-state index is 13.2. The lowest BCUT2D eigenvalue weighted by molar-refractivity contribution is -0.137. The van der Waals surface area contributed by atoms with Gasteiger partial charge in [-0.25, -0.2) is 0 Å². The summed E-state index contributed by atoms with van der Waals surface area (Å²) in [7, 11) is 0. The number of halogens is 3. The largest absolute Gasteiger partial charge is 0.418 e. The Labute approximate surface area is 149 Å². The second-order valence-corrected chi connectivity index (χ2v) is 5.97. The van der Waals surface area contributed by atoms with Crippen LogP contribution in [0.5, 0.6) is 0 Å². The Morgan fingerprint density at radius 1 is 1.00 bits per heavy atom. The van der Waals surface area contributed by atoms with E-state index in [4.69, 9.17) is 0 Å². The van der Waals surface area contributed by atoms with Crippen LogP contribution in [0.3, 0.4) is 0 Å². The fraction of sp³-hybridized carbons (Fsp3) is 0.263. The summed E-state index contributed by atoms with van der Waals surface area (Å²) >= 11 is 0. The third-order valence-corrected chi connectivity index (χ3v) is 3.68. The SMILES string of the molecule is CC(=O)Nc1ccc(NC(=O)CCc2ccc(C)cc2)c(C(F)(F)F)c1. The van der Waals surface area contributed by atoms with Gasteiger partial charge >= 0.3 is 6.18 Å². The first-order valence-electron chi connectivity index (χ1n) is 7.99. The minimum absolute atomic E-state index is 0.0162. The maximum Gasteiger partial charge on any atom is 0.418 e. The monoisotopic (exact) mass is 364 g/mol. The highest BCUT2D eigenvalue weighted by Gasteiger charge is 2.34. The molecule has 26 heavy (non-hydrogen) atoms. The second-order valence-electron chi connectivity index (χ2n) is 5.97. The summed E-state index contributed by atoms with van der Waals surface area (Å²) in [6, 6.07) is 10.8. The number of anilines is 2. The molecule has 0 aliphatic heterocycles. The van der Waals surface area contributed by atoms with Crippen molar-refractivity contribution in [1.29, 1.82) is 0 Å². The molecule has 0 saturated carbocycles. The Bertz CT molecular complexity index is 799. The van der Waals surface area contributed by atoms with Crippen LogP contribution in [0.4, 0.5) is 24.5 Å². The first-order valence-corrected chi connectivity index (χ1v) is 7.99. The van der Waals surface area contributed by atoms with Crippen molar-refractivity contribution in [3.8, 4) is 0 Å². The molecule has 2 aromatic rings. The standard InChI is InChI=1S/C19H19F3N2O2/c1-12-3-5-14(6-4-12)7-10-18(26)24-17-9-8-15(23-13(2)25)11-16(17)19(20,21)22/h3-6,8-9,11H,7,10H2,1-2H3,(H,23,25)(H,24,26). The maximum absolute atomic E-state index is 13.2. The van der Waals surface area contributed by atoms with Crippen LogP contribution in [0.2, 0.25) is 0 Å². The first kappa shape index (κ1) is 19.5. The summed E-state index contributed by atoms with van der Waals surface area (Å²) < 4.78 is 39.7. The van der Waals surface area contributed by atoms with E-state index in [-0.39, 0.29) is 17.8 Å². The molecule has 0 aliphatic rings. The van der Waals surface area contributed by atoms with Gasteiger partial charge in [-0.2, -0.15) is 13.2 Å². The van der Waals surface area contributed by atoms with E-state index in [1.54, 1.807) is 0 Å². The molecule has 138 valence electrons. The number of aryl methyl sites for hydroxylation is 2. The van der Waals surface area contributed by atoms with Crippen molar-refractivity contribution in [3.63, 3.8) is 0 Å². The number of carbonyl (C=O) groups is 2. The van der Waals surface area contributed by atoms with Crippen LogP contribution in [0.15, 0.2) is 42.5 Å². The van der Waals surface area contributed by atoms with Crippen LogP contribution < -0.4 is 10.6 Å². The topological polar surface area (TPSA) is 58.2 Å². The number of hydrogen-bond donors (Lipinski definition) is 2. The van der Waals surface area contributed by atoms with Crippen molar-refractivity contribution in [2.24, 2.45) is 0 Å². The van der Waals surface area contributed by atoms with Gasteiger partial charge in [0.2, 0.25) is 11.8 Å². The van der Waals surface area contributed by atoms with Crippen LogP contribution in [0.25, 0.3) is 0 Å². The highest BCUT2D eigenvalue weighted by Crippen LogP contribution is 2.36. The number of benzene rings is 2. The minimum Gasteiger partial charge on any atom is -0.326 e. The van der Waals surface area contributed by atoms with E-state index in [9.17, 15) is 22.8 Å². The molecule has 2 rings (SSSR count). The quantitative estimate of drug-likeness (QED) is 0.818. The summed E-state index contributed by atoms with van der Waals surface area (Å²) in [4.78, 5) is 23.1. The zero-order valence-electron chi connectivity index (χ0n) is 14.4. The van der Waals surface area contributed by atoms with E-state index in [0.29, 0.717) is 6.42 Å². The van der Waals surface area contributed by atoms with Crippen LogP contribution in [0.1, 0.15) is 30.0 Å². The molecule has 2 amide bonds.